The van der Waals surface area contributed by atoms with Gasteiger partial charge in [-0.25, -0.2) is 4.79 Å². The van der Waals surface area contributed by atoms with E-state index in [-0.39, 0.29) is 6.54 Å². The van der Waals surface area contributed by atoms with Crippen LogP contribution in [0.3, 0.4) is 0 Å². The lowest BCUT2D eigenvalue weighted by atomic mass is 10.1. The summed E-state index contributed by atoms with van der Waals surface area (Å²) in [5.41, 5.74) is 0.768. The number of aliphatic hydroxyl groups is 1. The molecule has 0 fully saturated rings. The molecule has 1 aromatic carbocycles. The van der Waals surface area contributed by atoms with Gasteiger partial charge in [0.2, 0.25) is 0 Å². The molecule has 1 amide bonds. The zero-order valence-electron chi connectivity index (χ0n) is 7.93. The van der Waals surface area contributed by atoms with Crippen LogP contribution in [0.4, 0.5) is 4.79 Å². The second-order valence-electron chi connectivity index (χ2n) is 2.80. The number of carbonyl (C=O) groups is 1. The average Bonchev–Trinajstić information content (AvgIpc) is 2.26. The minimum atomic E-state index is -0.699. The van der Waals surface area contributed by atoms with Gasteiger partial charge in [-0.1, -0.05) is 30.3 Å². The molecule has 0 spiro atoms. The lowest BCUT2D eigenvalue weighted by molar-refractivity contribution is 0.147. The first kappa shape index (κ1) is 10.5. The predicted molar refractivity (Wildman–Crippen MR) is 51.8 cm³/mol. The van der Waals surface area contributed by atoms with Crippen LogP contribution in [0.1, 0.15) is 11.7 Å². The molecule has 1 atom stereocenters. The van der Waals surface area contributed by atoms with Crippen molar-refractivity contribution in [1.29, 1.82) is 0 Å². The van der Waals surface area contributed by atoms with Gasteiger partial charge < -0.3 is 15.2 Å². The van der Waals surface area contributed by atoms with Crippen LogP contribution in [0.5, 0.6) is 0 Å². The Labute approximate surface area is 82.5 Å². The van der Waals surface area contributed by atoms with Gasteiger partial charge in [0.15, 0.2) is 0 Å². The Bertz CT molecular complexity index is 287. The molecule has 0 aromatic heterocycles. The maximum atomic E-state index is 10.7. The third kappa shape index (κ3) is 3.06. The Kier molecular flexibility index (Phi) is 3.94. The summed E-state index contributed by atoms with van der Waals surface area (Å²) in [6.45, 7) is 0.149. The number of ether oxygens (including phenoxy) is 1. The van der Waals surface area contributed by atoms with Crippen LogP contribution in [-0.2, 0) is 4.74 Å². The van der Waals surface area contributed by atoms with E-state index in [4.69, 9.17) is 0 Å². The van der Waals surface area contributed by atoms with E-state index < -0.39 is 12.2 Å². The zero-order valence-corrected chi connectivity index (χ0v) is 7.93. The lowest BCUT2D eigenvalue weighted by Gasteiger charge is -2.10. The second-order valence-corrected chi connectivity index (χ2v) is 2.80. The van der Waals surface area contributed by atoms with Crippen molar-refractivity contribution in [3.8, 4) is 0 Å². The summed E-state index contributed by atoms with van der Waals surface area (Å²) in [5, 5.41) is 12.0. The molecule has 76 valence electrons. The summed E-state index contributed by atoms with van der Waals surface area (Å²) in [6, 6.07) is 9.12. The highest BCUT2D eigenvalue weighted by Gasteiger charge is 2.08. The van der Waals surface area contributed by atoms with E-state index in [0.717, 1.165) is 5.56 Å². The number of aliphatic hydroxyl groups excluding tert-OH is 1. The van der Waals surface area contributed by atoms with Gasteiger partial charge in [-0.05, 0) is 5.56 Å². The first-order valence-corrected chi connectivity index (χ1v) is 4.29. The molecule has 1 rings (SSSR count). The molecule has 4 heteroatoms. The van der Waals surface area contributed by atoms with Crippen LogP contribution >= 0.6 is 0 Å². The van der Waals surface area contributed by atoms with E-state index in [1.807, 2.05) is 18.2 Å². The molecular formula is C10H13NO3. The number of alkyl carbamates (subject to hydrolysis) is 1. The minimum absolute atomic E-state index is 0.149. The topological polar surface area (TPSA) is 58.6 Å². The van der Waals surface area contributed by atoms with Gasteiger partial charge in [0.25, 0.3) is 0 Å². The Morgan fingerprint density at radius 3 is 2.71 bits per heavy atom. The molecule has 0 aliphatic rings. The van der Waals surface area contributed by atoms with Crippen molar-refractivity contribution in [2.75, 3.05) is 13.7 Å². The van der Waals surface area contributed by atoms with Crippen molar-refractivity contribution in [2.24, 2.45) is 0 Å². The van der Waals surface area contributed by atoms with E-state index in [9.17, 15) is 9.90 Å². The standard InChI is InChI=1S/C10H13NO3/c1-14-10(13)11-7-9(12)8-5-3-2-4-6-8/h2-6,9,12H,7H2,1H3,(H,11,13)/t9-/m0/s1. The normalized spacial score (nSPS) is 11.9. The molecule has 0 radical (unpaired) electrons. The van der Waals surface area contributed by atoms with Crippen LogP contribution in [0, 0.1) is 0 Å². The van der Waals surface area contributed by atoms with E-state index in [1.165, 1.54) is 7.11 Å². The van der Waals surface area contributed by atoms with E-state index in [1.54, 1.807) is 12.1 Å². The highest BCUT2D eigenvalue weighted by atomic mass is 16.5. The molecule has 0 saturated heterocycles. The summed E-state index contributed by atoms with van der Waals surface area (Å²) in [6.07, 6.45) is -1.24. The van der Waals surface area contributed by atoms with Crippen LogP contribution in [0.2, 0.25) is 0 Å². The number of nitrogens with one attached hydrogen (secondary N) is 1. The third-order valence-corrected chi connectivity index (χ3v) is 1.81. The average molecular weight is 195 g/mol. The van der Waals surface area contributed by atoms with Crippen molar-refractivity contribution in [2.45, 2.75) is 6.10 Å². The molecule has 4 nitrogen and oxygen atoms in total. The molecule has 0 unspecified atom stereocenters. The fourth-order valence-electron chi connectivity index (χ4n) is 1.05. The van der Waals surface area contributed by atoms with Gasteiger partial charge in [0, 0.05) is 0 Å². The summed E-state index contributed by atoms with van der Waals surface area (Å²) < 4.78 is 4.38. The maximum absolute atomic E-state index is 10.7. The summed E-state index contributed by atoms with van der Waals surface area (Å²) in [5.74, 6) is 0. The third-order valence-electron chi connectivity index (χ3n) is 1.81. The fourth-order valence-corrected chi connectivity index (χ4v) is 1.05. The molecule has 2 N–H and O–H groups in total. The van der Waals surface area contributed by atoms with Gasteiger partial charge in [0.1, 0.15) is 0 Å². The molecule has 0 heterocycles. The van der Waals surface area contributed by atoms with Crippen LogP contribution in [-0.4, -0.2) is 24.9 Å². The van der Waals surface area contributed by atoms with Gasteiger partial charge >= 0.3 is 6.09 Å². The van der Waals surface area contributed by atoms with E-state index in [0.29, 0.717) is 0 Å². The Morgan fingerprint density at radius 2 is 2.14 bits per heavy atom. The Balaban J connectivity index is 2.43. The number of hydrogen-bond donors (Lipinski definition) is 2. The number of carbonyl (C=O) groups excluding carboxylic acids is 1. The molecule has 0 aliphatic carbocycles. The predicted octanol–water partition coefficient (Wildman–Crippen LogP) is 1.08. The van der Waals surface area contributed by atoms with Gasteiger partial charge in [-0.15, -0.1) is 0 Å². The highest BCUT2D eigenvalue weighted by molar-refractivity contribution is 5.66. The molecular weight excluding hydrogens is 182 g/mol. The number of benzene rings is 1. The van der Waals surface area contributed by atoms with Crippen LogP contribution in [0.15, 0.2) is 30.3 Å². The quantitative estimate of drug-likeness (QED) is 0.758. The van der Waals surface area contributed by atoms with Crippen LogP contribution in [0.25, 0.3) is 0 Å². The van der Waals surface area contributed by atoms with E-state index >= 15 is 0 Å². The molecule has 0 bridgehead atoms. The van der Waals surface area contributed by atoms with Gasteiger partial charge in [-0.3, -0.25) is 0 Å². The first-order chi connectivity index (χ1) is 6.74. The number of hydrogen-bond acceptors (Lipinski definition) is 3. The van der Waals surface area contributed by atoms with Crippen molar-refractivity contribution < 1.29 is 14.6 Å². The second kappa shape index (κ2) is 5.24. The summed E-state index contributed by atoms with van der Waals surface area (Å²) in [4.78, 5) is 10.7. The zero-order chi connectivity index (χ0) is 10.4. The van der Waals surface area contributed by atoms with Crippen LogP contribution < -0.4 is 5.32 Å². The molecule has 0 saturated carbocycles. The minimum Gasteiger partial charge on any atom is -0.453 e. The Hall–Kier alpha value is -1.55. The summed E-state index contributed by atoms with van der Waals surface area (Å²) >= 11 is 0. The molecule has 1 aromatic rings. The maximum Gasteiger partial charge on any atom is 0.406 e. The number of methoxy groups -OCH3 is 1. The Morgan fingerprint density at radius 1 is 1.50 bits per heavy atom. The number of rotatable bonds is 3. The fraction of sp³-hybridized carbons (Fsp3) is 0.300. The van der Waals surface area contributed by atoms with E-state index in [2.05, 4.69) is 10.1 Å². The van der Waals surface area contributed by atoms with Gasteiger partial charge in [0.05, 0.1) is 19.8 Å². The smallest absolute Gasteiger partial charge is 0.406 e. The largest absolute Gasteiger partial charge is 0.453 e. The van der Waals surface area contributed by atoms with Gasteiger partial charge in [-0.2, -0.15) is 0 Å². The molecule has 0 aliphatic heterocycles. The monoisotopic (exact) mass is 195 g/mol. The van der Waals surface area contributed by atoms with Crippen molar-refractivity contribution in [1.82, 2.24) is 5.32 Å². The highest BCUT2D eigenvalue weighted by Crippen LogP contribution is 2.10. The lowest BCUT2D eigenvalue weighted by Crippen LogP contribution is -2.28. The number of amides is 1. The SMILES string of the molecule is COC(=O)NC[C@H](O)c1ccccc1. The molecule has 14 heavy (non-hydrogen) atoms. The van der Waals surface area contributed by atoms with Crippen molar-refractivity contribution in [3.05, 3.63) is 35.9 Å². The van der Waals surface area contributed by atoms with Crippen molar-refractivity contribution in [3.63, 3.8) is 0 Å². The van der Waals surface area contributed by atoms with Crippen molar-refractivity contribution >= 4 is 6.09 Å². The first-order valence-electron chi connectivity index (χ1n) is 4.29. The summed E-state index contributed by atoms with van der Waals surface area (Å²) in [7, 11) is 1.28.